The molecule has 0 bridgehead atoms. The maximum Gasteiger partial charge on any atom is 0.120 e. The summed E-state index contributed by atoms with van der Waals surface area (Å²) in [6.45, 7) is 9.54. The van der Waals surface area contributed by atoms with Crippen molar-refractivity contribution in [2.45, 2.75) is 38.5 Å². The van der Waals surface area contributed by atoms with Crippen LogP contribution in [0.15, 0.2) is 35.0 Å². The number of benzene rings is 1. The second kappa shape index (κ2) is 7.56. The van der Waals surface area contributed by atoms with Crippen molar-refractivity contribution in [3.05, 3.63) is 35.5 Å². The molecule has 1 saturated heterocycles. The van der Waals surface area contributed by atoms with E-state index in [1.165, 1.54) is 0 Å². The summed E-state index contributed by atoms with van der Waals surface area (Å²) in [4.78, 5) is 9.25. The van der Waals surface area contributed by atoms with Crippen LogP contribution < -0.4 is 15.8 Å². The first-order chi connectivity index (χ1) is 13.5. The Labute approximate surface area is 166 Å². The zero-order valence-corrected chi connectivity index (χ0v) is 16.7. The minimum Gasteiger partial charge on any atom is -0.488 e. The molecule has 1 aromatic carbocycles. The molecule has 2 aliphatic heterocycles. The van der Waals surface area contributed by atoms with E-state index in [2.05, 4.69) is 34.0 Å². The zero-order chi connectivity index (χ0) is 19.7. The Morgan fingerprint density at radius 3 is 2.75 bits per heavy atom. The SMILES string of the molecule is CCN1CCN(C2C=C(C(=N)c3cc(OC4(C)CC4)ccc3N)N=CN2)CC1. The number of piperazine rings is 1. The van der Waals surface area contributed by atoms with E-state index in [1.54, 1.807) is 6.34 Å². The Morgan fingerprint density at radius 1 is 1.32 bits per heavy atom. The van der Waals surface area contributed by atoms with E-state index >= 15 is 0 Å². The van der Waals surface area contributed by atoms with E-state index in [-0.39, 0.29) is 11.8 Å². The van der Waals surface area contributed by atoms with Crippen molar-refractivity contribution in [2.75, 3.05) is 38.5 Å². The summed E-state index contributed by atoms with van der Waals surface area (Å²) >= 11 is 0. The first-order valence-corrected chi connectivity index (χ1v) is 10.1. The molecule has 4 rings (SSSR count). The third-order valence-corrected chi connectivity index (χ3v) is 5.88. The Hall–Kier alpha value is -2.38. The van der Waals surface area contributed by atoms with Crippen LogP contribution in [0, 0.1) is 5.41 Å². The summed E-state index contributed by atoms with van der Waals surface area (Å²) in [6, 6.07) is 5.57. The van der Waals surface area contributed by atoms with E-state index in [0.717, 1.165) is 51.3 Å². The van der Waals surface area contributed by atoms with Gasteiger partial charge in [0.1, 0.15) is 17.5 Å². The molecule has 1 atom stereocenters. The summed E-state index contributed by atoms with van der Waals surface area (Å²) in [5, 5.41) is 12.0. The number of nitrogen functional groups attached to an aromatic ring is 1. The summed E-state index contributed by atoms with van der Waals surface area (Å²) < 4.78 is 6.05. The lowest BCUT2D eigenvalue weighted by atomic mass is 10.0. The van der Waals surface area contributed by atoms with Gasteiger partial charge in [-0.15, -0.1) is 0 Å². The molecule has 1 aromatic rings. The quantitative estimate of drug-likeness (QED) is 0.517. The van der Waals surface area contributed by atoms with E-state index in [1.807, 2.05) is 24.3 Å². The summed E-state index contributed by atoms with van der Waals surface area (Å²) in [6.07, 6.45) is 5.91. The predicted molar refractivity (Wildman–Crippen MR) is 113 cm³/mol. The van der Waals surface area contributed by atoms with Crippen molar-refractivity contribution >= 4 is 17.7 Å². The number of rotatable bonds is 6. The second-order valence-corrected chi connectivity index (χ2v) is 8.07. The number of ether oxygens (including phenoxy) is 1. The number of likely N-dealkylation sites (N-methyl/N-ethyl adjacent to an activating group) is 1. The summed E-state index contributed by atoms with van der Waals surface area (Å²) in [5.41, 5.74) is 8.33. The average molecular weight is 383 g/mol. The molecule has 0 amide bonds. The van der Waals surface area contributed by atoms with Gasteiger partial charge in [0.15, 0.2) is 0 Å². The van der Waals surface area contributed by atoms with E-state index in [4.69, 9.17) is 15.9 Å². The fourth-order valence-electron chi connectivity index (χ4n) is 3.66. The van der Waals surface area contributed by atoms with Crippen LogP contribution in [0.1, 0.15) is 32.3 Å². The van der Waals surface area contributed by atoms with Crippen LogP contribution in [0.25, 0.3) is 0 Å². The number of allylic oxidation sites excluding steroid dienone is 1. The molecule has 0 radical (unpaired) electrons. The molecule has 3 aliphatic rings. The Balaban J connectivity index is 1.50. The van der Waals surface area contributed by atoms with Crippen molar-refractivity contribution in [1.82, 2.24) is 15.1 Å². The van der Waals surface area contributed by atoms with E-state index in [0.29, 0.717) is 22.7 Å². The minimum atomic E-state index is -0.0620. The van der Waals surface area contributed by atoms with Gasteiger partial charge < -0.3 is 20.7 Å². The average Bonchev–Trinajstić information content (AvgIpc) is 3.45. The van der Waals surface area contributed by atoms with Crippen LogP contribution in [0.5, 0.6) is 5.75 Å². The third-order valence-electron chi connectivity index (χ3n) is 5.88. The standard InChI is InChI=1S/C21H30N6O/c1-3-26-8-10-27(11-9-26)19-13-18(24-14-25-19)20(23)16-12-15(4-5-17(16)22)28-21(2)6-7-21/h4-5,12-14,19,23H,3,6-11,22H2,1-2H3,(H,24,25). The van der Waals surface area contributed by atoms with Crippen molar-refractivity contribution in [3.8, 4) is 5.75 Å². The van der Waals surface area contributed by atoms with Crippen LogP contribution >= 0.6 is 0 Å². The molecule has 1 saturated carbocycles. The lowest BCUT2D eigenvalue weighted by molar-refractivity contribution is 0.110. The minimum absolute atomic E-state index is 0.0536. The second-order valence-electron chi connectivity index (χ2n) is 8.07. The van der Waals surface area contributed by atoms with Gasteiger partial charge in [-0.2, -0.15) is 0 Å². The highest BCUT2D eigenvalue weighted by atomic mass is 16.5. The Kier molecular flexibility index (Phi) is 5.12. The number of nitrogens with one attached hydrogen (secondary N) is 2. The fourth-order valence-corrected chi connectivity index (χ4v) is 3.66. The number of nitrogens with zero attached hydrogens (tertiary/aromatic N) is 3. The number of aliphatic imine (C=N–C) groups is 1. The molecule has 7 nitrogen and oxygen atoms in total. The summed E-state index contributed by atoms with van der Waals surface area (Å²) in [7, 11) is 0. The van der Waals surface area contributed by atoms with Crippen LogP contribution in [-0.4, -0.2) is 66.3 Å². The number of hydrogen-bond donors (Lipinski definition) is 3. The number of anilines is 1. The monoisotopic (exact) mass is 382 g/mol. The normalized spacial score (nSPS) is 24.4. The molecule has 7 heteroatoms. The van der Waals surface area contributed by atoms with Gasteiger partial charge >= 0.3 is 0 Å². The van der Waals surface area contributed by atoms with Gasteiger partial charge in [-0.3, -0.25) is 10.3 Å². The molecule has 0 aromatic heterocycles. The van der Waals surface area contributed by atoms with Crippen molar-refractivity contribution in [3.63, 3.8) is 0 Å². The number of hydrogen-bond acceptors (Lipinski definition) is 7. The topological polar surface area (TPSA) is 90.0 Å². The van der Waals surface area contributed by atoms with E-state index in [9.17, 15) is 0 Å². The Morgan fingerprint density at radius 2 is 2.07 bits per heavy atom. The highest BCUT2D eigenvalue weighted by Crippen LogP contribution is 2.40. The van der Waals surface area contributed by atoms with Crippen molar-refractivity contribution in [2.24, 2.45) is 4.99 Å². The molecule has 150 valence electrons. The first kappa shape index (κ1) is 19.0. The molecular formula is C21H30N6O. The molecule has 2 fully saturated rings. The van der Waals surface area contributed by atoms with E-state index < -0.39 is 0 Å². The molecule has 1 aliphatic carbocycles. The van der Waals surface area contributed by atoms with Gasteiger partial charge in [-0.05, 0) is 50.6 Å². The predicted octanol–water partition coefficient (Wildman–Crippen LogP) is 2.05. The van der Waals surface area contributed by atoms with Gasteiger partial charge in [0, 0.05) is 37.4 Å². The molecule has 2 heterocycles. The molecule has 0 spiro atoms. The van der Waals surface area contributed by atoms with Crippen molar-refractivity contribution in [1.29, 1.82) is 5.41 Å². The largest absolute Gasteiger partial charge is 0.488 e. The lowest BCUT2D eigenvalue weighted by Gasteiger charge is -2.38. The lowest BCUT2D eigenvalue weighted by Crippen LogP contribution is -2.54. The van der Waals surface area contributed by atoms with Crippen LogP contribution in [0.4, 0.5) is 5.69 Å². The highest BCUT2D eigenvalue weighted by Gasteiger charge is 2.40. The summed E-state index contributed by atoms with van der Waals surface area (Å²) in [5.74, 6) is 0.764. The van der Waals surface area contributed by atoms with Crippen molar-refractivity contribution < 1.29 is 4.74 Å². The fraction of sp³-hybridized carbons (Fsp3) is 0.524. The maximum absolute atomic E-state index is 8.70. The van der Waals surface area contributed by atoms with Gasteiger partial charge in [0.2, 0.25) is 0 Å². The Bertz CT molecular complexity index is 805. The van der Waals surface area contributed by atoms with Gasteiger partial charge in [-0.1, -0.05) is 6.92 Å². The molecule has 4 N–H and O–H groups in total. The highest BCUT2D eigenvalue weighted by molar-refractivity contribution is 6.14. The first-order valence-electron chi connectivity index (χ1n) is 10.1. The number of nitrogens with two attached hydrogens (primary N) is 1. The van der Waals surface area contributed by atoms with Crippen LogP contribution in [0.3, 0.4) is 0 Å². The van der Waals surface area contributed by atoms with Crippen LogP contribution in [0.2, 0.25) is 0 Å². The van der Waals surface area contributed by atoms with Gasteiger partial charge in [0.25, 0.3) is 0 Å². The smallest absolute Gasteiger partial charge is 0.120 e. The molecular weight excluding hydrogens is 352 g/mol. The third kappa shape index (κ3) is 4.05. The maximum atomic E-state index is 8.70. The van der Waals surface area contributed by atoms with Crippen LogP contribution in [-0.2, 0) is 0 Å². The molecule has 28 heavy (non-hydrogen) atoms. The zero-order valence-electron chi connectivity index (χ0n) is 16.7. The van der Waals surface area contributed by atoms with Gasteiger partial charge in [0.05, 0.1) is 17.7 Å². The van der Waals surface area contributed by atoms with Gasteiger partial charge in [-0.25, -0.2) is 4.99 Å². The molecule has 1 unspecified atom stereocenters.